The van der Waals surface area contributed by atoms with Gasteiger partial charge in [-0.1, -0.05) is 75.7 Å². The van der Waals surface area contributed by atoms with Crippen LogP contribution in [0.1, 0.15) is 20.8 Å². The first-order valence-corrected chi connectivity index (χ1v) is 13.0. The molecule has 4 aromatic carbocycles. The van der Waals surface area contributed by atoms with E-state index in [0.717, 1.165) is 21.0 Å². The third-order valence-electron chi connectivity index (χ3n) is 6.33. The van der Waals surface area contributed by atoms with E-state index in [4.69, 9.17) is 0 Å². The number of halogens is 1. The number of benzene rings is 4. The molecule has 0 fully saturated rings. The van der Waals surface area contributed by atoms with Crippen molar-refractivity contribution in [2.45, 2.75) is 0 Å². The van der Waals surface area contributed by atoms with Gasteiger partial charge in [0, 0.05) is 21.0 Å². The molecule has 2 amide bonds. The smallest absolute Gasteiger partial charge is 0.349 e. The minimum Gasteiger partial charge on any atom is -0.349 e. The Morgan fingerprint density at radius 1 is 0.750 bits per heavy atom. The van der Waals surface area contributed by atoms with Gasteiger partial charge in [-0.2, -0.15) is 0 Å². The van der Waals surface area contributed by atoms with Crippen molar-refractivity contribution in [3.05, 3.63) is 123 Å². The molecule has 40 heavy (non-hydrogen) atoms. The number of H-pyrrole nitrogens is 2. The Labute approximate surface area is 235 Å². The molecule has 2 aromatic heterocycles. The number of anilines is 2. The third-order valence-corrected chi connectivity index (χ3v) is 6.82. The zero-order valence-electron chi connectivity index (χ0n) is 20.7. The number of carbonyl (C=O) groups is 2. The highest BCUT2D eigenvalue weighted by Crippen LogP contribution is 2.30. The van der Waals surface area contributed by atoms with Gasteiger partial charge in [0.15, 0.2) is 5.82 Å². The highest BCUT2D eigenvalue weighted by Gasteiger charge is 2.17. The maximum Gasteiger partial charge on any atom is 0.439 e. The number of aromatic amines is 2. The largest absolute Gasteiger partial charge is 0.439 e. The summed E-state index contributed by atoms with van der Waals surface area (Å²) in [7, 11) is 0. The van der Waals surface area contributed by atoms with Crippen LogP contribution in [0.15, 0.2) is 111 Å². The molecule has 10 heteroatoms. The predicted octanol–water partition coefficient (Wildman–Crippen LogP) is 6.45. The Bertz CT molecular complexity index is 1920. The van der Waals surface area contributed by atoms with Gasteiger partial charge in [0.2, 0.25) is 0 Å². The van der Waals surface area contributed by atoms with E-state index in [0.29, 0.717) is 28.0 Å². The van der Waals surface area contributed by atoms with Crippen LogP contribution in [-0.2, 0) is 0 Å². The fraction of sp³-hybridized carbons (Fsp3) is 0. The van der Waals surface area contributed by atoms with Crippen molar-refractivity contribution >= 4 is 50.0 Å². The lowest BCUT2D eigenvalue weighted by Gasteiger charge is -2.09. The fourth-order valence-electron chi connectivity index (χ4n) is 4.38. The monoisotopic (exact) mass is 593 g/mol. The summed E-state index contributed by atoms with van der Waals surface area (Å²) in [5, 5.41) is 10.3. The van der Waals surface area contributed by atoms with Gasteiger partial charge in [0.05, 0.1) is 16.9 Å². The highest BCUT2D eigenvalue weighted by molar-refractivity contribution is 9.10. The molecule has 0 saturated heterocycles. The lowest BCUT2D eigenvalue weighted by atomic mass is 10.0. The topological polar surface area (TPSA) is 133 Å². The summed E-state index contributed by atoms with van der Waals surface area (Å²) in [6.07, 6.45) is 0. The molecule has 0 unspecified atom stereocenters. The maximum atomic E-state index is 13.2. The Kier molecular flexibility index (Phi) is 6.59. The van der Waals surface area contributed by atoms with Crippen LogP contribution in [0.3, 0.4) is 0 Å². The molecule has 0 atom stereocenters. The van der Waals surface area contributed by atoms with Crippen molar-refractivity contribution in [3.63, 3.8) is 0 Å². The van der Waals surface area contributed by atoms with Gasteiger partial charge in [-0.3, -0.25) is 19.1 Å². The van der Waals surface area contributed by atoms with Crippen LogP contribution in [0.5, 0.6) is 0 Å². The summed E-state index contributed by atoms with van der Waals surface area (Å²) in [5.74, 6) is -1.21. The zero-order valence-corrected chi connectivity index (χ0v) is 22.3. The fourth-order valence-corrected chi connectivity index (χ4v) is 4.74. The molecular formula is C30H20BrN5O4. The van der Waals surface area contributed by atoms with Crippen molar-refractivity contribution < 1.29 is 14.1 Å². The summed E-state index contributed by atoms with van der Waals surface area (Å²) in [6.45, 7) is 0. The van der Waals surface area contributed by atoms with Crippen LogP contribution < -0.4 is 16.4 Å². The molecule has 0 saturated carbocycles. The predicted molar refractivity (Wildman–Crippen MR) is 156 cm³/mol. The second kappa shape index (κ2) is 10.5. The Hall–Kier alpha value is -5.22. The number of carbonyl (C=O) groups excluding carboxylic acids is 2. The normalized spacial score (nSPS) is 10.9. The summed E-state index contributed by atoms with van der Waals surface area (Å²) in [6, 6.07) is 29.6. The lowest BCUT2D eigenvalue weighted by molar-refractivity contribution is 0.101. The van der Waals surface area contributed by atoms with Crippen LogP contribution in [0.2, 0.25) is 0 Å². The quantitative estimate of drug-likeness (QED) is 0.176. The molecular weight excluding hydrogens is 574 g/mol. The number of aromatic nitrogens is 3. The first-order valence-electron chi connectivity index (χ1n) is 12.2. The second-order valence-corrected chi connectivity index (χ2v) is 9.85. The standard InChI is InChI=1S/C30H20BrN5O4/c31-21-13-14-23(22(16-21)27-35-30(39)40-36-27)33-29(38)25-15-20-7-4-8-24(26(20)32-25)34-28(37)19-11-9-18(10-12-19)17-5-2-1-3-6-17/h1-16,32H,(H,33,38)(H,34,37)(H,35,36,39). The first-order chi connectivity index (χ1) is 19.4. The number of nitrogens with one attached hydrogen (secondary N) is 4. The molecule has 0 aliphatic carbocycles. The average molecular weight is 594 g/mol. The summed E-state index contributed by atoms with van der Waals surface area (Å²) < 4.78 is 5.34. The van der Waals surface area contributed by atoms with Crippen LogP contribution >= 0.6 is 15.9 Å². The van der Waals surface area contributed by atoms with E-state index in [1.165, 1.54) is 0 Å². The van der Waals surface area contributed by atoms with Crippen LogP contribution in [0.4, 0.5) is 11.4 Å². The van der Waals surface area contributed by atoms with Crippen molar-refractivity contribution in [1.82, 2.24) is 15.1 Å². The van der Waals surface area contributed by atoms with Crippen molar-refractivity contribution in [2.24, 2.45) is 0 Å². The van der Waals surface area contributed by atoms with E-state index in [-0.39, 0.29) is 17.4 Å². The molecule has 196 valence electrons. The van der Waals surface area contributed by atoms with E-state index in [1.807, 2.05) is 48.5 Å². The average Bonchev–Trinajstić information content (AvgIpc) is 3.62. The Morgan fingerprint density at radius 3 is 2.25 bits per heavy atom. The van der Waals surface area contributed by atoms with E-state index in [9.17, 15) is 14.4 Å². The molecule has 6 aromatic rings. The lowest BCUT2D eigenvalue weighted by Crippen LogP contribution is -2.14. The molecule has 9 nitrogen and oxygen atoms in total. The van der Waals surface area contributed by atoms with Gasteiger partial charge < -0.3 is 15.6 Å². The molecule has 0 aliphatic rings. The summed E-state index contributed by atoms with van der Waals surface area (Å²) >= 11 is 3.39. The molecule has 0 radical (unpaired) electrons. The van der Waals surface area contributed by atoms with Gasteiger partial charge >= 0.3 is 5.76 Å². The van der Waals surface area contributed by atoms with Crippen LogP contribution in [-0.4, -0.2) is 26.9 Å². The number of hydrogen-bond acceptors (Lipinski definition) is 5. The molecule has 6 rings (SSSR count). The minimum absolute atomic E-state index is 0.181. The maximum absolute atomic E-state index is 13.2. The summed E-state index contributed by atoms with van der Waals surface area (Å²) in [5.41, 5.74) is 4.92. The van der Waals surface area contributed by atoms with Crippen LogP contribution in [0, 0.1) is 0 Å². The van der Waals surface area contributed by atoms with E-state index >= 15 is 0 Å². The molecule has 0 bridgehead atoms. The number of fused-ring (bicyclic) bond motifs is 1. The number of rotatable bonds is 6. The summed E-state index contributed by atoms with van der Waals surface area (Å²) in [4.78, 5) is 43.3. The van der Waals surface area contributed by atoms with Crippen LogP contribution in [0.25, 0.3) is 33.4 Å². The zero-order chi connectivity index (χ0) is 27.6. The van der Waals surface area contributed by atoms with Crippen molar-refractivity contribution in [1.29, 1.82) is 0 Å². The third kappa shape index (κ3) is 5.07. The number of amides is 2. The first kappa shape index (κ1) is 25.1. The Morgan fingerprint density at radius 2 is 1.50 bits per heavy atom. The molecule has 0 aliphatic heterocycles. The van der Waals surface area contributed by atoms with Crippen molar-refractivity contribution in [3.8, 4) is 22.5 Å². The SMILES string of the molecule is O=C(Nc1cccc2cc(C(=O)Nc3ccc(Br)cc3-c3noc(=O)[nH]3)[nH]c12)c1ccc(-c2ccccc2)cc1. The molecule has 2 heterocycles. The highest BCUT2D eigenvalue weighted by atomic mass is 79.9. The van der Waals surface area contributed by atoms with Gasteiger partial charge in [0.1, 0.15) is 5.69 Å². The van der Waals surface area contributed by atoms with Gasteiger partial charge in [-0.05, 0) is 53.6 Å². The van der Waals surface area contributed by atoms with Gasteiger partial charge in [0.25, 0.3) is 11.8 Å². The van der Waals surface area contributed by atoms with E-state index < -0.39 is 11.7 Å². The Balaban J connectivity index is 1.23. The van der Waals surface area contributed by atoms with Gasteiger partial charge in [-0.15, -0.1) is 0 Å². The second-order valence-electron chi connectivity index (χ2n) is 8.94. The number of nitrogens with zero attached hydrogens (tertiary/aromatic N) is 1. The van der Waals surface area contributed by atoms with Gasteiger partial charge in [-0.25, -0.2) is 4.79 Å². The molecule has 4 N–H and O–H groups in total. The van der Waals surface area contributed by atoms with Crippen molar-refractivity contribution in [2.75, 3.05) is 10.6 Å². The number of hydrogen-bond donors (Lipinski definition) is 4. The van der Waals surface area contributed by atoms with E-state index in [2.05, 4.69) is 46.2 Å². The minimum atomic E-state index is -0.704. The number of para-hydroxylation sites is 1. The van der Waals surface area contributed by atoms with E-state index in [1.54, 1.807) is 48.5 Å². The molecule has 0 spiro atoms.